The van der Waals surface area contributed by atoms with E-state index in [1.165, 1.54) is 11.3 Å². The molecule has 0 spiro atoms. The quantitative estimate of drug-likeness (QED) is 0.177. The highest BCUT2D eigenvalue weighted by Crippen LogP contribution is 2.57. The number of amides is 2. The first-order valence-electron chi connectivity index (χ1n) is 18.9. The molecule has 0 unspecified atom stereocenters. The molecule has 2 saturated carbocycles. The maximum atomic E-state index is 14.5. The van der Waals surface area contributed by atoms with Gasteiger partial charge in [0.05, 0.1) is 41.1 Å². The summed E-state index contributed by atoms with van der Waals surface area (Å²) in [7, 11) is -2.18. The number of hydrogen-bond donors (Lipinski definition) is 1. The van der Waals surface area contributed by atoms with Gasteiger partial charge in [-0.05, 0) is 68.9 Å². The lowest BCUT2D eigenvalue weighted by Gasteiger charge is -2.40. The Morgan fingerprint density at radius 2 is 1.91 bits per heavy atom. The SMILES string of the molecule is C=C[C@@H]1C[C@]1(CC(=O)[C@@H]1C[C@@H](Oc2cc(-c3nc(C(C)C)cs3)nc3c(C)c(OC)ccc23)[C@H]2CC[C@H]([C@H](C)CC)C(=O)N21)C(=O)NS(=O)(=O)C1CC1. The fraction of sp³-hybridized carbons (Fsp3) is 0.575. The highest BCUT2D eigenvalue weighted by Gasteiger charge is 2.62. The molecule has 0 bridgehead atoms. The van der Waals surface area contributed by atoms with Crippen LogP contribution < -0.4 is 14.2 Å². The molecule has 3 aromatic rings. The summed E-state index contributed by atoms with van der Waals surface area (Å²) in [4.78, 5) is 54.1. The van der Waals surface area contributed by atoms with Crippen LogP contribution in [0.4, 0.5) is 0 Å². The van der Waals surface area contributed by atoms with Crippen LogP contribution in [0.1, 0.15) is 96.2 Å². The number of methoxy groups -OCH3 is 1. The van der Waals surface area contributed by atoms with Gasteiger partial charge in [0.1, 0.15) is 28.3 Å². The van der Waals surface area contributed by atoms with Gasteiger partial charge in [-0.25, -0.2) is 18.4 Å². The Kier molecular flexibility index (Phi) is 9.97. The minimum atomic E-state index is -3.81. The molecular weight excluding hydrogens is 713 g/mol. The highest BCUT2D eigenvalue weighted by molar-refractivity contribution is 7.90. The number of fused-ring (bicyclic) bond motifs is 2. The van der Waals surface area contributed by atoms with Gasteiger partial charge in [-0.1, -0.05) is 40.2 Å². The number of hydrogen-bond acceptors (Lipinski definition) is 10. The molecule has 4 heterocycles. The Hall–Kier alpha value is -3.84. The molecular formula is C40H50N4O7S2. The Balaban J connectivity index is 1.24. The molecule has 2 amide bonds. The van der Waals surface area contributed by atoms with Crippen LogP contribution in [0.5, 0.6) is 11.5 Å². The maximum Gasteiger partial charge on any atom is 0.240 e. The highest BCUT2D eigenvalue weighted by atomic mass is 32.2. The predicted molar refractivity (Wildman–Crippen MR) is 204 cm³/mol. The molecule has 4 aliphatic rings. The topological polar surface area (TPSA) is 145 Å². The van der Waals surface area contributed by atoms with Crippen molar-refractivity contribution in [2.45, 2.75) is 115 Å². The number of rotatable bonds is 14. The molecule has 13 heteroatoms. The average Bonchev–Trinajstić information content (AvgIpc) is 4.02. The Morgan fingerprint density at radius 1 is 1.15 bits per heavy atom. The van der Waals surface area contributed by atoms with E-state index in [4.69, 9.17) is 19.4 Å². The van der Waals surface area contributed by atoms with Crippen LogP contribution in [0.15, 0.2) is 36.2 Å². The van der Waals surface area contributed by atoms with E-state index in [2.05, 4.69) is 39.0 Å². The van der Waals surface area contributed by atoms with E-state index in [1.807, 2.05) is 30.5 Å². The largest absolute Gasteiger partial charge is 0.496 e. The van der Waals surface area contributed by atoms with E-state index in [1.54, 1.807) is 18.1 Å². The molecule has 0 radical (unpaired) electrons. The molecule has 1 N–H and O–H groups in total. The van der Waals surface area contributed by atoms with Crippen molar-refractivity contribution >= 4 is 49.9 Å². The first-order chi connectivity index (χ1) is 25.2. The van der Waals surface area contributed by atoms with Gasteiger partial charge < -0.3 is 14.4 Å². The fourth-order valence-corrected chi connectivity index (χ4v) is 10.7. The number of aryl methyl sites for hydroxylation is 1. The number of Topliss-reactive ketones (excluding diaryl/α,β-unsaturated/α-hetero) is 1. The van der Waals surface area contributed by atoms with E-state index in [0.29, 0.717) is 49.3 Å². The Bertz CT molecular complexity index is 2080. The van der Waals surface area contributed by atoms with Crippen molar-refractivity contribution in [1.82, 2.24) is 19.6 Å². The van der Waals surface area contributed by atoms with Crippen molar-refractivity contribution in [1.29, 1.82) is 0 Å². The summed E-state index contributed by atoms with van der Waals surface area (Å²) >= 11 is 1.52. The number of nitrogens with one attached hydrogen (secondary N) is 1. The summed E-state index contributed by atoms with van der Waals surface area (Å²) in [5.41, 5.74) is 2.01. The molecule has 4 fully saturated rings. The van der Waals surface area contributed by atoms with E-state index >= 15 is 0 Å². The van der Waals surface area contributed by atoms with Gasteiger partial charge in [0.2, 0.25) is 21.8 Å². The van der Waals surface area contributed by atoms with Crippen molar-refractivity contribution in [3.63, 3.8) is 0 Å². The molecule has 2 aromatic heterocycles. The zero-order chi connectivity index (χ0) is 38.0. The van der Waals surface area contributed by atoms with Crippen LogP contribution in [-0.2, 0) is 24.4 Å². The number of allylic oxidation sites excluding steroid dienone is 1. The van der Waals surface area contributed by atoms with Gasteiger partial charge in [-0.15, -0.1) is 17.9 Å². The van der Waals surface area contributed by atoms with Crippen LogP contribution in [-0.4, -0.2) is 71.4 Å². The number of benzene rings is 1. The van der Waals surface area contributed by atoms with Crippen LogP contribution in [0.25, 0.3) is 21.6 Å². The molecule has 11 nitrogen and oxygen atoms in total. The number of pyridine rings is 1. The first-order valence-corrected chi connectivity index (χ1v) is 21.3. The number of ether oxygens (including phenoxy) is 2. The molecule has 2 saturated heterocycles. The molecule has 2 aliphatic carbocycles. The monoisotopic (exact) mass is 762 g/mol. The number of aromatic nitrogens is 2. The van der Waals surface area contributed by atoms with Crippen molar-refractivity contribution in [2.75, 3.05) is 7.11 Å². The third-order valence-electron chi connectivity index (χ3n) is 12.2. The van der Waals surface area contributed by atoms with Gasteiger partial charge in [0.25, 0.3) is 0 Å². The number of ketones is 1. The van der Waals surface area contributed by atoms with Crippen molar-refractivity contribution in [2.24, 2.45) is 23.2 Å². The second-order valence-electron chi connectivity index (χ2n) is 15.8. The van der Waals surface area contributed by atoms with Crippen LogP contribution >= 0.6 is 11.3 Å². The zero-order valence-corrected chi connectivity index (χ0v) is 33.0. The van der Waals surface area contributed by atoms with Crippen molar-refractivity contribution in [3.05, 3.63) is 47.5 Å². The Labute approximate surface area is 316 Å². The molecule has 2 aliphatic heterocycles. The summed E-state index contributed by atoms with van der Waals surface area (Å²) < 4.78 is 40.4. The lowest BCUT2D eigenvalue weighted by atomic mass is 9.81. The second-order valence-corrected chi connectivity index (χ2v) is 18.7. The number of carbonyl (C=O) groups excluding carboxylic acids is 3. The van der Waals surface area contributed by atoms with Gasteiger partial charge in [0, 0.05) is 41.2 Å². The minimum Gasteiger partial charge on any atom is -0.496 e. The van der Waals surface area contributed by atoms with Crippen molar-refractivity contribution in [3.8, 4) is 22.2 Å². The predicted octanol–water partition coefficient (Wildman–Crippen LogP) is 6.73. The van der Waals surface area contributed by atoms with E-state index in [9.17, 15) is 22.8 Å². The lowest BCUT2D eigenvalue weighted by Crippen LogP contribution is -2.54. The summed E-state index contributed by atoms with van der Waals surface area (Å²) in [6.07, 6.45) is 4.74. The normalized spacial score (nSPS) is 27.4. The molecule has 7 atom stereocenters. The van der Waals surface area contributed by atoms with Crippen LogP contribution in [0, 0.1) is 30.1 Å². The van der Waals surface area contributed by atoms with Gasteiger partial charge in [0.15, 0.2) is 5.78 Å². The summed E-state index contributed by atoms with van der Waals surface area (Å²) in [6, 6.07) is 4.55. The van der Waals surface area contributed by atoms with Gasteiger partial charge in [-0.2, -0.15) is 0 Å². The third kappa shape index (κ3) is 6.77. The third-order valence-corrected chi connectivity index (χ3v) is 14.9. The average molecular weight is 763 g/mol. The smallest absolute Gasteiger partial charge is 0.240 e. The number of thiazole rings is 1. The number of piperidine rings is 1. The zero-order valence-electron chi connectivity index (χ0n) is 31.4. The fourth-order valence-electron chi connectivity index (χ4n) is 8.38. The second kappa shape index (κ2) is 14.1. The number of sulfonamides is 1. The summed E-state index contributed by atoms with van der Waals surface area (Å²) in [5.74, 6) is 0.140. The van der Waals surface area contributed by atoms with E-state index in [-0.39, 0.29) is 54.2 Å². The first kappa shape index (κ1) is 37.5. The minimum absolute atomic E-state index is 0.0595. The van der Waals surface area contributed by atoms with Gasteiger partial charge in [-0.3, -0.25) is 19.1 Å². The Morgan fingerprint density at radius 3 is 2.53 bits per heavy atom. The van der Waals surface area contributed by atoms with Gasteiger partial charge >= 0.3 is 0 Å². The molecule has 53 heavy (non-hydrogen) atoms. The standard InChI is InChI=1S/C40H50N4O7S2/c1-8-22(5)26-12-14-30-35(51-34-16-28(37-42-29(20-52-37)21(3)4)41-36-23(6)33(50-7)15-13-27(34)36)17-31(44(30)38(26)46)32(45)19-40(18-24(40)9-2)39(47)43-53(48,49)25-10-11-25/h9,13,15-16,20-22,24-26,30-31,35H,2,8,10-12,14,17-19H2,1,3-7H3,(H,43,47)/t22-,24-,26-,30-,31+,35-,40-/m1/s1. The summed E-state index contributed by atoms with van der Waals surface area (Å²) in [6.45, 7) is 14.2. The lowest BCUT2D eigenvalue weighted by molar-refractivity contribution is -0.149. The molecule has 1 aromatic carbocycles. The van der Waals surface area contributed by atoms with Crippen LogP contribution in [0.3, 0.4) is 0 Å². The summed E-state index contributed by atoms with van der Waals surface area (Å²) in [5, 5.41) is 3.02. The van der Waals surface area contributed by atoms with Crippen LogP contribution in [0.2, 0.25) is 0 Å². The maximum absolute atomic E-state index is 14.5. The molecule has 284 valence electrons. The molecule has 7 rings (SSSR count). The number of nitrogens with zero attached hydrogens (tertiary/aromatic N) is 3. The van der Waals surface area contributed by atoms with E-state index < -0.39 is 38.7 Å². The number of carbonyl (C=O) groups is 3. The van der Waals surface area contributed by atoms with E-state index in [0.717, 1.165) is 33.6 Å². The van der Waals surface area contributed by atoms with Crippen molar-refractivity contribution < 1.29 is 32.3 Å².